The first-order valence-electron chi connectivity index (χ1n) is 6.45. The fourth-order valence-electron chi connectivity index (χ4n) is 2.74. The van der Waals surface area contributed by atoms with Gasteiger partial charge in [-0.3, -0.25) is 0 Å². The normalized spacial score (nSPS) is 14.9. The molecule has 1 aromatic heterocycles. The van der Waals surface area contributed by atoms with E-state index in [9.17, 15) is 13.5 Å². The molecule has 110 valence electrons. The molecule has 0 unspecified atom stereocenters. The monoisotopic (exact) mass is 305 g/mol. The van der Waals surface area contributed by atoms with Crippen molar-refractivity contribution in [2.45, 2.75) is 56.3 Å². The molecule has 0 fully saturated rings. The lowest BCUT2D eigenvalue weighted by Gasteiger charge is -2.35. The Kier molecular flexibility index (Phi) is 5.17. The first-order chi connectivity index (χ1) is 8.62. The summed E-state index contributed by atoms with van der Waals surface area (Å²) in [6.45, 7) is 7.55. The Morgan fingerprint density at radius 2 is 1.89 bits per heavy atom. The maximum absolute atomic E-state index is 11.7. The highest BCUT2D eigenvalue weighted by Gasteiger charge is 2.37. The van der Waals surface area contributed by atoms with Gasteiger partial charge in [0.1, 0.15) is 4.21 Å². The van der Waals surface area contributed by atoms with Crippen LogP contribution in [0.2, 0.25) is 0 Å². The van der Waals surface area contributed by atoms with Crippen molar-refractivity contribution in [3.8, 4) is 0 Å². The van der Waals surface area contributed by atoms with Crippen molar-refractivity contribution in [3.05, 3.63) is 17.0 Å². The second-order valence-electron chi connectivity index (χ2n) is 5.42. The molecule has 0 aromatic carbocycles. The van der Waals surface area contributed by atoms with Gasteiger partial charge >= 0.3 is 0 Å². The molecule has 0 saturated carbocycles. The molecule has 0 aliphatic rings. The maximum Gasteiger partial charge on any atom is 0.247 e. The van der Waals surface area contributed by atoms with Crippen molar-refractivity contribution >= 4 is 21.4 Å². The largest absolute Gasteiger partial charge is 0.390 e. The maximum atomic E-state index is 11.7. The Hall–Kier alpha value is -0.430. The van der Waals surface area contributed by atoms with E-state index in [1.54, 1.807) is 25.3 Å². The molecule has 1 aromatic rings. The van der Waals surface area contributed by atoms with E-state index in [0.29, 0.717) is 5.56 Å². The van der Waals surface area contributed by atoms with Gasteiger partial charge in [0.25, 0.3) is 0 Å². The van der Waals surface area contributed by atoms with Crippen molar-refractivity contribution in [1.29, 1.82) is 0 Å². The molecule has 1 heterocycles. The molecule has 0 aliphatic carbocycles. The van der Waals surface area contributed by atoms with Crippen LogP contribution in [-0.2, 0) is 10.0 Å². The zero-order chi connectivity index (χ0) is 14.8. The highest BCUT2D eigenvalue weighted by atomic mass is 32.2. The second kappa shape index (κ2) is 5.91. The van der Waals surface area contributed by atoms with Crippen LogP contribution in [0.5, 0.6) is 0 Å². The standard InChI is InChI=1S/C13H23NO3S2/c1-5-9(6-2)11(13(3,4)15)10-7-8-18-12(10)19(14,16)17/h7-9,11,15H,5-6H2,1-4H3,(H2,14,16,17)/t11-/m0/s1. The van der Waals surface area contributed by atoms with E-state index in [-0.39, 0.29) is 16.0 Å². The summed E-state index contributed by atoms with van der Waals surface area (Å²) in [6, 6.07) is 1.77. The lowest BCUT2D eigenvalue weighted by molar-refractivity contribution is 0.0247. The summed E-state index contributed by atoms with van der Waals surface area (Å²) in [5.74, 6) is -0.0165. The molecule has 0 spiro atoms. The predicted octanol–water partition coefficient (Wildman–Crippen LogP) is 2.69. The van der Waals surface area contributed by atoms with E-state index in [2.05, 4.69) is 13.8 Å². The van der Waals surface area contributed by atoms with Gasteiger partial charge < -0.3 is 5.11 Å². The zero-order valence-electron chi connectivity index (χ0n) is 11.9. The molecule has 0 amide bonds. The van der Waals surface area contributed by atoms with Crippen LogP contribution in [0.4, 0.5) is 0 Å². The number of hydrogen-bond acceptors (Lipinski definition) is 4. The second-order valence-corrected chi connectivity index (χ2v) is 8.09. The Bertz CT molecular complexity index is 510. The highest BCUT2D eigenvalue weighted by molar-refractivity contribution is 7.91. The summed E-state index contributed by atoms with van der Waals surface area (Å²) in [6.07, 6.45) is 1.76. The smallest absolute Gasteiger partial charge is 0.247 e. The van der Waals surface area contributed by atoms with Gasteiger partial charge in [-0.2, -0.15) is 0 Å². The predicted molar refractivity (Wildman–Crippen MR) is 78.8 cm³/mol. The number of sulfonamides is 1. The average Bonchev–Trinajstić information content (AvgIpc) is 2.71. The third kappa shape index (κ3) is 3.78. The van der Waals surface area contributed by atoms with Crippen molar-refractivity contribution < 1.29 is 13.5 Å². The van der Waals surface area contributed by atoms with E-state index in [1.165, 1.54) is 0 Å². The number of hydrogen-bond donors (Lipinski definition) is 2. The Morgan fingerprint density at radius 3 is 2.26 bits per heavy atom. The van der Waals surface area contributed by atoms with E-state index in [4.69, 9.17) is 5.14 Å². The number of aliphatic hydroxyl groups is 1. The van der Waals surface area contributed by atoms with Gasteiger partial charge in [0.05, 0.1) is 5.60 Å². The number of primary sulfonamides is 1. The van der Waals surface area contributed by atoms with Crippen LogP contribution in [0.25, 0.3) is 0 Å². The molecular formula is C13H23NO3S2. The van der Waals surface area contributed by atoms with Crippen molar-refractivity contribution in [1.82, 2.24) is 0 Å². The molecule has 0 radical (unpaired) electrons. The summed E-state index contributed by atoms with van der Waals surface area (Å²) < 4.78 is 23.5. The summed E-state index contributed by atoms with van der Waals surface area (Å²) in [7, 11) is -3.74. The van der Waals surface area contributed by atoms with Gasteiger partial charge in [-0.15, -0.1) is 11.3 Å². The van der Waals surface area contributed by atoms with Crippen molar-refractivity contribution in [2.24, 2.45) is 11.1 Å². The fraction of sp³-hybridized carbons (Fsp3) is 0.692. The molecule has 6 heteroatoms. The minimum absolute atomic E-state index is 0.173. The molecule has 0 bridgehead atoms. The van der Waals surface area contributed by atoms with Crippen LogP contribution < -0.4 is 5.14 Å². The Balaban J connectivity index is 3.39. The van der Waals surface area contributed by atoms with E-state index >= 15 is 0 Å². The molecule has 1 atom stereocenters. The summed E-state index contributed by atoms with van der Waals surface area (Å²) >= 11 is 1.12. The van der Waals surface area contributed by atoms with Gasteiger partial charge in [-0.25, -0.2) is 13.6 Å². The van der Waals surface area contributed by atoms with Crippen LogP contribution in [0.3, 0.4) is 0 Å². The lowest BCUT2D eigenvalue weighted by Crippen LogP contribution is -2.35. The lowest BCUT2D eigenvalue weighted by atomic mass is 9.74. The summed E-state index contributed by atoms with van der Waals surface area (Å²) in [5, 5.41) is 17.4. The SMILES string of the molecule is CCC(CC)[C@@H](c1ccsc1S(N)(=O)=O)C(C)(C)O. The van der Waals surface area contributed by atoms with Gasteiger partial charge in [-0.1, -0.05) is 26.7 Å². The first-order valence-corrected chi connectivity index (χ1v) is 8.88. The Labute approximate surface area is 119 Å². The topological polar surface area (TPSA) is 80.4 Å². The van der Waals surface area contributed by atoms with E-state index in [0.717, 1.165) is 24.2 Å². The zero-order valence-corrected chi connectivity index (χ0v) is 13.5. The number of nitrogens with two attached hydrogens (primary N) is 1. The first kappa shape index (κ1) is 16.6. The molecular weight excluding hydrogens is 282 g/mol. The number of thiophene rings is 1. The van der Waals surface area contributed by atoms with Crippen molar-refractivity contribution in [3.63, 3.8) is 0 Å². The minimum Gasteiger partial charge on any atom is -0.390 e. The van der Waals surface area contributed by atoms with E-state index in [1.807, 2.05) is 0 Å². The van der Waals surface area contributed by atoms with Gasteiger partial charge in [0, 0.05) is 5.92 Å². The molecule has 19 heavy (non-hydrogen) atoms. The molecule has 1 rings (SSSR count). The van der Waals surface area contributed by atoms with Gasteiger partial charge in [-0.05, 0) is 36.8 Å². The van der Waals surface area contributed by atoms with Crippen LogP contribution >= 0.6 is 11.3 Å². The summed E-state index contributed by atoms with van der Waals surface area (Å²) in [4.78, 5) is 0. The number of rotatable bonds is 6. The molecule has 3 N–H and O–H groups in total. The van der Waals surface area contributed by atoms with Crippen LogP contribution in [0.1, 0.15) is 52.0 Å². The average molecular weight is 305 g/mol. The van der Waals surface area contributed by atoms with E-state index < -0.39 is 15.6 Å². The van der Waals surface area contributed by atoms with Crippen molar-refractivity contribution in [2.75, 3.05) is 0 Å². The van der Waals surface area contributed by atoms with Gasteiger partial charge in [0.15, 0.2) is 0 Å². The molecule has 0 saturated heterocycles. The fourth-order valence-corrected chi connectivity index (χ4v) is 4.63. The molecule has 4 nitrogen and oxygen atoms in total. The molecule has 0 aliphatic heterocycles. The quantitative estimate of drug-likeness (QED) is 0.848. The third-order valence-electron chi connectivity index (χ3n) is 3.53. The van der Waals surface area contributed by atoms with Crippen LogP contribution in [-0.4, -0.2) is 19.1 Å². The summed E-state index contributed by atoms with van der Waals surface area (Å²) in [5.41, 5.74) is -0.342. The van der Waals surface area contributed by atoms with Crippen LogP contribution in [0, 0.1) is 5.92 Å². The Morgan fingerprint density at radius 1 is 1.37 bits per heavy atom. The third-order valence-corrected chi connectivity index (χ3v) is 5.99. The van der Waals surface area contributed by atoms with Gasteiger partial charge in [0.2, 0.25) is 10.0 Å². The van der Waals surface area contributed by atoms with Crippen LogP contribution in [0.15, 0.2) is 15.7 Å². The minimum atomic E-state index is -3.74. The highest BCUT2D eigenvalue weighted by Crippen LogP contribution is 2.42.